The smallest absolute Gasteiger partial charge is 0.220 e. The van der Waals surface area contributed by atoms with E-state index in [1.165, 1.54) is 32.1 Å². The first-order valence-corrected chi connectivity index (χ1v) is 6.03. The van der Waals surface area contributed by atoms with Crippen molar-refractivity contribution in [2.75, 3.05) is 6.54 Å². The van der Waals surface area contributed by atoms with Gasteiger partial charge in [-0.05, 0) is 37.0 Å². The number of carbonyl (C=O) groups excluding carboxylic acids is 1. The van der Waals surface area contributed by atoms with Gasteiger partial charge >= 0.3 is 0 Å². The van der Waals surface area contributed by atoms with Crippen molar-refractivity contribution in [2.24, 2.45) is 11.3 Å². The number of rotatable bonds is 2. The highest BCUT2D eigenvalue weighted by Crippen LogP contribution is 2.46. The summed E-state index contributed by atoms with van der Waals surface area (Å²) in [6.07, 6.45) is 8.70. The van der Waals surface area contributed by atoms with Crippen LogP contribution in [0.4, 0.5) is 0 Å². The Morgan fingerprint density at radius 3 is 2.64 bits per heavy atom. The van der Waals surface area contributed by atoms with Crippen LogP contribution < -0.4 is 5.32 Å². The Labute approximate surface area is 86.5 Å². The van der Waals surface area contributed by atoms with E-state index in [-0.39, 0.29) is 5.91 Å². The average molecular weight is 195 g/mol. The highest BCUT2D eigenvalue weighted by molar-refractivity contribution is 5.76. The van der Waals surface area contributed by atoms with Gasteiger partial charge in [-0.25, -0.2) is 0 Å². The Kier molecular flexibility index (Phi) is 2.80. The van der Waals surface area contributed by atoms with Crippen molar-refractivity contribution in [3.8, 4) is 0 Å². The number of amides is 1. The summed E-state index contributed by atoms with van der Waals surface area (Å²) < 4.78 is 0. The normalized spacial score (nSPS) is 34.5. The van der Waals surface area contributed by atoms with E-state index >= 15 is 0 Å². The molecule has 1 N–H and O–H groups in total. The second kappa shape index (κ2) is 3.92. The summed E-state index contributed by atoms with van der Waals surface area (Å²) in [6, 6.07) is 0. The third kappa shape index (κ3) is 1.67. The average Bonchev–Trinajstić information content (AvgIpc) is 2.73. The summed E-state index contributed by atoms with van der Waals surface area (Å²) in [5.74, 6) is 1.14. The zero-order valence-corrected chi connectivity index (χ0v) is 9.14. The summed E-state index contributed by atoms with van der Waals surface area (Å²) >= 11 is 0. The Balaban J connectivity index is 2.05. The topological polar surface area (TPSA) is 29.1 Å². The quantitative estimate of drug-likeness (QED) is 0.720. The van der Waals surface area contributed by atoms with Crippen molar-refractivity contribution >= 4 is 5.91 Å². The lowest BCUT2D eigenvalue weighted by atomic mass is 9.68. The number of nitrogens with one attached hydrogen (secondary N) is 1. The van der Waals surface area contributed by atoms with Gasteiger partial charge < -0.3 is 5.32 Å². The van der Waals surface area contributed by atoms with E-state index in [2.05, 4.69) is 12.2 Å². The molecule has 0 aromatic carbocycles. The van der Waals surface area contributed by atoms with Crippen LogP contribution in [-0.4, -0.2) is 12.5 Å². The third-order valence-corrected chi connectivity index (χ3v) is 4.41. The van der Waals surface area contributed by atoms with Crippen LogP contribution in [0.25, 0.3) is 0 Å². The van der Waals surface area contributed by atoms with E-state index in [1.807, 2.05) is 0 Å². The zero-order valence-electron chi connectivity index (χ0n) is 9.14. The van der Waals surface area contributed by atoms with Gasteiger partial charge in [-0.3, -0.25) is 4.79 Å². The van der Waals surface area contributed by atoms with E-state index in [0.29, 0.717) is 5.41 Å². The van der Waals surface area contributed by atoms with E-state index in [9.17, 15) is 4.79 Å². The predicted octanol–water partition coefficient (Wildman–Crippen LogP) is 2.48. The summed E-state index contributed by atoms with van der Waals surface area (Å²) in [5, 5.41) is 3.06. The molecule has 0 radical (unpaired) electrons. The number of carbonyl (C=O) groups is 1. The molecule has 0 bridgehead atoms. The van der Waals surface area contributed by atoms with E-state index < -0.39 is 0 Å². The highest BCUT2D eigenvalue weighted by atomic mass is 16.1. The molecule has 1 atom stereocenters. The molecule has 1 saturated carbocycles. The van der Waals surface area contributed by atoms with Crippen LogP contribution in [0, 0.1) is 11.3 Å². The third-order valence-electron chi connectivity index (χ3n) is 4.41. The van der Waals surface area contributed by atoms with Crippen molar-refractivity contribution < 1.29 is 4.79 Å². The van der Waals surface area contributed by atoms with Crippen LogP contribution in [0.1, 0.15) is 51.9 Å². The molecule has 1 aliphatic carbocycles. The first-order chi connectivity index (χ1) is 6.77. The molecule has 0 aromatic rings. The molecule has 2 rings (SSSR count). The molecule has 2 heteroatoms. The van der Waals surface area contributed by atoms with Gasteiger partial charge in [0, 0.05) is 13.0 Å². The van der Waals surface area contributed by atoms with Gasteiger partial charge in [-0.1, -0.05) is 19.8 Å². The van der Waals surface area contributed by atoms with Crippen molar-refractivity contribution in [1.29, 1.82) is 0 Å². The fourth-order valence-corrected chi connectivity index (χ4v) is 3.29. The maximum absolute atomic E-state index is 11.2. The van der Waals surface area contributed by atoms with Crippen molar-refractivity contribution in [3.05, 3.63) is 0 Å². The van der Waals surface area contributed by atoms with Crippen LogP contribution >= 0.6 is 0 Å². The minimum atomic E-state index is 0.257. The lowest BCUT2D eigenvalue weighted by Gasteiger charge is -2.41. The molecule has 1 amide bonds. The number of hydrogen-bond donors (Lipinski definition) is 1. The van der Waals surface area contributed by atoms with Gasteiger partial charge in [0.15, 0.2) is 0 Å². The van der Waals surface area contributed by atoms with Crippen molar-refractivity contribution in [2.45, 2.75) is 51.9 Å². The van der Waals surface area contributed by atoms with Gasteiger partial charge in [0.25, 0.3) is 0 Å². The van der Waals surface area contributed by atoms with Crippen molar-refractivity contribution in [3.63, 3.8) is 0 Å². The molecule has 1 aliphatic heterocycles. The van der Waals surface area contributed by atoms with Crippen LogP contribution in [0.2, 0.25) is 0 Å². The monoisotopic (exact) mass is 195 g/mol. The zero-order chi connectivity index (χ0) is 10.0. The van der Waals surface area contributed by atoms with E-state index in [1.54, 1.807) is 0 Å². The molecule has 0 spiro atoms. The molecule has 1 saturated heterocycles. The molecular weight excluding hydrogens is 174 g/mol. The van der Waals surface area contributed by atoms with Crippen LogP contribution in [0.3, 0.4) is 0 Å². The summed E-state index contributed by atoms with van der Waals surface area (Å²) in [6.45, 7) is 3.22. The first-order valence-electron chi connectivity index (χ1n) is 6.03. The minimum Gasteiger partial charge on any atom is -0.356 e. The number of piperidine rings is 1. The van der Waals surface area contributed by atoms with Gasteiger partial charge in [0.2, 0.25) is 5.91 Å². The predicted molar refractivity (Wildman–Crippen MR) is 56.9 cm³/mol. The molecule has 0 aromatic heterocycles. The molecule has 2 aliphatic rings. The molecule has 1 unspecified atom stereocenters. The Morgan fingerprint density at radius 2 is 2.14 bits per heavy atom. The van der Waals surface area contributed by atoms with Gasteiger partial charge in [0.05, 0.1) is 0 Å². The lowest BCUT2D eigenvalue weighted by molar-refractivity contribution is -0.125. The van der Waals surface area contributed by atoms with Crippen LogP contribution in [0.15, 0.2) is 0 Å². The molecular formula is C12H21NO. The summed E-state index contributed by atoms with van der Waals surface area (Å²) in [5.41, 5.74) is 0.449. The molecule has 80 valence electrons. The Hall–Kier alpha value is -0.530. The van der Waals surface area contributed by atoms with E-state index in [4.69, 9.17) is 0 Å². The Morgan fingerprint density at radius 1 is 1.43 bits per heavy atom. The lowest BCUT2D eigenvalue weighted by Crippen LogP contribution is -2.46. The largest absolute Gasteiger partial charge is 0.356 e. The SMILES string of the molecule is CCC1(C2CCCC2)CCC(=O)NC1. The molecule has 2 fully saturated rings. The second-order valence-corrected chi connectivity index (χ2v) is 4.97. The van der Waals surface area contributed by atoms with Gasteiger partial charge in [0.1, 0.15) is 0 Å². The summed E-state index contributed by atoms with van der Waals surface area (Å²) in [4.78, 5) is 11.2. The molecule has 1 heterocycles. The fourth-order valence-electron chi connectivity index (χ4n) is 3.29. The first kappa shape index (κ1) is 10.0. The second-order valence-electron chi connectivity index (χ2n) is 4.97. The summed E-state index contributed by atoms with van der Waals surface area (Å²) in [7, 11) is 0. The standard InChI is InChI=1S/C12H21NO/c1-2-12(10-5-3-4-6-10)8-7-11(14)13-9-12/h10H,2-9H2,1H3,(H,13,14). The Bertz CT molecular complexity index is 208. The minimum absolute atomic E-state index is 0.257. The van der Waals surface area contributed by atoms with Gasteiger partial charge in [-0.2, -0.15) is 0 Å². The van der Waals surface area contributed by atoms with Crippen LogP contribution in [-0.2, 0) is 4.79 Å². The van der Waals surface area contributed by atoms with Crippen molar-refractivity contribution in [1.82, 2.24) is 5.32 Å². The number of hydrogen-bond acceptors (Lipinski definition) is 1. The fraction of sp³-hybridized carbons (Fsp3) is 0.917. The maximum atomic E-state index is 11.2. The van der Waals surface area contributed by atoms with Gasteiger partial charge in [-0.15, -0.1) is 0 Å². The van der Waals surface area contributed by atoms with E-state index in [0.717, 1.165) is 25.3 Å². The highest BCUT2D eigenvalue weighted by Gasteiger charge is 2.40. The molecule has 14 heavy (non-hydrogen) atoms. The molecule has 2 nitrogen and oxygen atoms in total. The maximum Gasteiger partial charge on any atom is 0.220 e. The van der Waals surface area contributed by atoms with Crippen LogP contribution in [0.5, 0.6) is 0 Å².